The number of nitrogens with zero attached hydrogens (tertiary/aromatic N) is 3. The average molecular weight is 311 g/mol. The quantitative estimate of drug-likeness (QED) is 0.688. The zero-order chi connectivity index (χ0) is 15.7. The van der Waals surface area contributed by atoms with E-state index in [1.54, 1.807) is 14.0 Å². The predicted octanol–water partition coefficient (Wildman–Crippen LogP) is 2.63. The Morgan fingerprint density at radius 2 is 2.19 bits per heavy atom. The van der Waals surface area contributed by atoms with Crippen LogP contribution >= 0.6 is 11.8 Å². The van der Waals surface area contributed by atoms with Crippen molar-refractivity contribution < 1.29 is 19.2 Å². The minimum absolute atomic E-state index is 0.250. The molecule has 7 nitrogen and oxygen atoms in total. The molecule has 0 radical (unpaired) electrons. The number of aromatic nitrogens is 2. The standard InChI is InChI=1S/C12H10FN3O4S/c1-6-14-10(16(19)20)11(15(6)2)21-7-3-4-9(13)8(5-7)12(17)18/h3-5H,1-2H3,(H,17,18). The van der Waals surface area contributed by atoms with Crippen molar-refractivity contribution in [1.82, 2.24) is 9.55 Å². The maximum absolute atomic E-state index is 13.3. The summed E-state index contributed by atoms with van der Waals surface area (Å²) in [6.45, 7) is 1.62. The maximum Gasteiger partial charge on any atom is 0.396 e. The Balaban J connectivity index is 2.46. The van der Waals surface area contributed by atoms with E-state index in [2.05, 4.69) is 4.98 Å². The van der Waals surface area contributed by atoms with Crippen LogP contribution in [0.15, 0.2) is 28.1 Å². The van der Waals surface area contributed by atoms with E-state index in [0.29, 0.717) is 10.7 Å². The molecule has 110 valence electrons. The predicted molar refractivity (Wildman–Crippen MR) is 72.1 cm³/mol. The van der Waals surface area contributed by atoms with E-state index in [1.807, 2.05) is 0 Å². The summed E-state index contributed by atoms with van der Waals surface area (Å²) in [5, 5.41) is 20.1. The van der Waals surface area contributed by atoms with Gasteiger partial charge in [0.25, 0.3) is 0 Å². The lowest BCUT2D eigenvalue weighted by Crippen LogP contribution is -2.00. The van der Waals surface area contributed by atoms with E-state index < -0.39 is 22.3 Å². The molecule has 0 bridgehead atoms. The first-order valence-electron chi connectivity index (χ1n) is 5.69. The highest BCUT2D eigenvalue weighted by Crippen LogP contribution is 2.35. The first-order chi connectivity index (χ1) is 9.81. The molecule has 1 aromatic carbocycles. The van der Waals surface area contributed by atoms with Crippen LogP contribution in [0.4, 0.5) is 10.2 Å². The number of imidazole rings is 1. The number of aromatic carboxylic acids is 1. The maximum atomic E-state index is 13.3. The minimum Gasteiger partial charge on any atom is -0.478 e. The minimum atomic E-state index is -1.40. The number of benzene rings is 1. The molecule has 0 saturated heterocycles. The fraction of sp³-hybridized carbons (Fsp3) is 0.167. The molecule has 1 heterocycles. The summed E-state index contributed by atoms with van der Waals surface area (Å²) in [5.41, 5.74) is -0.485. The molecule has 2 rings (SSSR count). The summed E-state index contributed by atoms with van der Waals surface area (Å²) < 4.78 is 14.9. The molecule has 0 unspecified atom stereocenters. The zero-order valence-electron chi connectivity index (χ0n) is 11.0. The largest absolute Gasteiger partial charge is 0.478 e. The molecule has 0 aliphatic carbocycles. The van der Waals surface area contributed by atoms with Gasteiger partial charge in [0, 0.05) is 18.9 Å². The molecule has 0 aliphatic heterocycles. The van der Waals surface area contributed by atoms with E-state index >= 15 is 0 Å². The van der Waals surface area contributed by atoms with Gasteiger partial charge < -0.3 is 15.2 Å². The van der Waals surface area contributed by atoms with Gasteiger partial charge in [-0.05, 0) is 28.1 Å². The van der Waals surface area contributed by atoms with Crippen LogP contribution in [-0.2, 0) is 7.05 Å². The second-order valence-electron chi connectivity index (χ2n) is 4.15. The number of carbonyl (C=O) groups is 1. The van der Waals surface area contributed by atoms with E-state index in [4.69, 9.17) is 5.11 Å². The van der Waals surface area contributed by atoms with Crippen LogP contribution < -0.4 is 0 Å². The number of hydrogen-bond acceptors (Lipinski definition) is 5. The third-order valence-corrected chi connectivity index (χ3v) is 3.94. The van der Waals surface area contributed by atoms with Gasteiger partial charge in [-0.15, -0.1) is 0 Å². The van der Waals surface area contributed by atoms with Crippen molar-refractivity contribution in [2.75, 3.05) is 0 Å². The molecule has 0 aliphatic rings. The second-order valence-corrected chi connectivity index (χ2v) is 5.21. The number of hydrogen-bond donors (Lipinski definition) is 1. The average Bonchev–Trinajstić information content (AvgIpc) is 2.69. The van der Waals surface area contributed by atoms with Crippen molar-refractivity contribution in [2.45, 2.75) is 16.8 Å². The number of nitro groups is 1. The van der Waals surface area contributed by atoms with Crippen molar-refractivity contribution in [2.24, 2.45) is 7.05 Å². The Morgan fingerprint density at radius 3 is 2.76 bits per heavy atom. The first kappa shape index (κ1) is 15.0. The molecule has 21 heavy (non-hydrogen) atoms. The zero-order valence-corrected chi connectivity index (χ0v) is 11.8. The summed E-state index contributed by atoms with van der Waals surface area (Å²) in [6.07, 6.45) is 0. The van der Waals surface area contributed by atoms with Gasteiger partial charge in [-0.2, -0.15) is 0 Å². The van der Waals surface area contributed by atoms with Crippen LogP contribution in [0.1, 0.15) is 16.2 Å². The van der Waals surface area contributed by atoms with Crippen LogP contribution in [0.3, 0.4) is 0 Å². The molecule has 0 fully saturated rings. The Bertz CT molecular complexity index is 744. The Labute approximate surface area is 122 Å². The summed E-state index contributed by atoms with van der Waals surface area (Å²) >= 11 is 0.959. The van der Waals surface area contributed by atoms with Crippen molar-refractivity contribution in [3.63, 3.8) is 0 Å². The third-order valence-electron chi connectivity index (χ3n) is 2.80. The molecule has 9 heteroatoms. The van der Waals surface area contributed by atoms with E-state index in [9.17, 15) is 19.3 Å². The number of carboxylic acids is 1. The van der Waals surface area contributed by atoms with Gasteiger partial charge in [0.15, 0.2) is 5.03 Å². The molecular formula is C12H10FN3O4S. The monoisotopic (exact) mass is 311 g/mol. The van der Waals surface area contributed by atoms with Gasteiger partial charge in [0.05, 0.1) is 5.56 Å². The second kappa shape index (κ2) is 5.52. The molecule has 0 amide bonds. The van der Waals surface area contributed by atoms with Gasteiger partial charge in [-0.3, -0.25) is 4.57 Å². The SMILES string of the molecule is Cc1nc([N+](=O)[O-])c(Sc2ccc(F)c(C(=O)O)c2)n1C. The molecule has 1 N–H and O–H groups in total. The molecule has 0 atom stereocenters. The van der Waals surface area contributed by atoms with E-state index in [0.717, 1.165) is 23.9 Å². The molecular weight excluding hydrogens is 301 g/mol. The summed E-state index contributed by atoms with van der Waals surface area (Å²) in [6, 6.07) is 3.51. The fourth-order valence-electron chi connectivity index (χ4n) is 1.65. The number of aryl methyl sites for hydroxylation is 1. The fourth-order valence-corrected chi connectivity index (χ4v) is 2.67. The van der Waals surface area contributed by atoms with Gasteiger partial charge in [-0.25, -0.2) is 9.18 Å². The van der Waals surface area contributed by atoms with Crippen LogP contribution in [0.2, 0.25) is 0 Å². The molecule has 0 saturated carbocycles. The van der Waals surface area contributed by atoms with Gasteiger partial charge in [0.2, 0.25) is 5.82 Å². The van der Waals surface area contributed by atoms with Gasteiger partial charge >= 0.3 is 11.8 Å². The van der Waals surface area contributed by atoms with Crippen molar-refractivity contribution in [1.29, 1.82) is 0 Å². The first-order valence-corrected chi connectivity index (χ1v) is 6.51. The highest BCUT2D eigenvalue weighted by atomic mass is 32.2. The van der Waals surface area contributed by atoms with Crippen molar-refractivity contribution in [3.05, 3.63) is 45.5 Å². The summed E-state index contributed by atoms with van der Waals surface area (Å²) in [5.74, 6) is -2.13. The summed E-state index contributed by atoms with van der Waals surface area (Å²) in [4.78, 5) is 25.5. The Hall–Kier alpha value is -2.42. The van der Waals surface area contributed by atoms with E-state index in [-0.39, 0.29) is 10.8 Å². The van der Waals surface area contributed by atoms with Crippen LogP contribution in [0.5, 0.6) is 0 Å². The van der Waals surface area contributed by atoms with Crippen molar-refractivity contribution >= 4 is 23.5 Å². The number of rotatable bonds is 4. The molecule has 0 spiro atoms. The Kier molecular flexibility index (Phi) is 3.94. The van der Waals surface area contributed by atoms with Crippen LogP contribution in [0, 0.1) is 22.9 Å². The Morgan fingerprint density at radius 1 is 1.52 bits per heavy atom. The lowest BCUT2D eigenvalue weighted by atomic mass is 10.2. The highest BCUT2D eigenvalue weighted by molar-refractivity contribution is 7.99. The topological polar surface area (TPSA) is 98.3 Å². The molecule has 2 aromatic rings. The van der Waals surface area contributed by atoms with Crippen LogP contribution in [-0.4, -0.2) is 25.6 Å². The smallest absolute Gasteiger partial charge is 0.396 e. The van der Waals surface area contributed by atoms with Gasteiger partial charge in [-0.1, -0.05) is 11.8 Å². The van der Waals surface area contributed by atoms with E-state index in [1.165, 1.54) is 10.6 Å². The van der Waals surface area contributed by atoms with Crippen LogP contribution in [0.25, 0.3) is 0 Å². The van der Waals surface area contributed by atoms with Crippen molar-refractivity contribution in [3.8, 4) is 0 Å². The molecule has 1 aromatic heterocycles. The highest BCUT2D eigenvalue weighted by Gasteiger charge is 2.25. The van der Waals surface area contributed by atoms with Gasteiger partial charge in [0.1, 0.15) is 5.82 Å². The lowest BCUT2D eigenvalue weighted by molar-refractivity contribution is -0.392. The number of halogens is 1. The normalized spacial score (nSPS) is 10.6. The lowest BCUT2D eigenvalue weighted by Gasteiger charge is -2.04. The number of carboxylic acid groups (broad SMARTS) is 1. The summed E-state index contributed by atoms with van der Waals surface area (Å²) in [7, 11) is 1.61. The third kappa shape index (κ3) is 2.87.